The number of nitrogens with zero attached hydrogens (tertiary/aromatic N) is 1. The average molecular weight is 327 g/mol. The second-order valence-corrected chi connectivity index (χ2v) is 6.10. The number of carbonyl (C=O) groups is 1. The molecule has 0 saturated heterocycles. The second-order valence-electron chi connectivity index (χ2n) is 6.10. The quantitative estimate of drug-likeness (QED) is 0.836. The minimum atomic E-state index is 0.0189. The van der Waals surface area contributed by atoms with Gasteiger partial charge >= 0.3 is 0 Å². The summed E-state index contributed by atoms with van der Waals surface area (Å²) in [6, 6.07) is 9.73. The second kappa shape index (κ2) is 7.39. The lowest BCUT2D eigenvalue weighted by Gasteiger charge is -2.20. The van der Waals surface area contributed by atoms with E-state index < -0.39 is 0 Å². The molecular formula is C20H25NO3. The molecule has 0 spiro atoms. The summed E-state index contributed by atoms with van der Waals surface area (Å²) in [7, 11) is 5.03. The van der Waals surface area contributed by atoms with Gasteiger partial charge in [-0.15, -0.1) is 0 Å². The van der Waals surface area contributed by atoms with Crippen LogP contribution in [0.3, 0.4) is 0 Å². The number of hydrogen-bond donors (Lipinski definition) is 0. The monoisotopic (exact) mass is 327 g/mol. The summed E-state index contributed by atoms with van der Waals surface area (Å²) in [5.41, 5.74) is 5.07. The van der Waals surface area contributed by atoms with Crippen molar-refractivity contribution >= 4 is 5.91 Å². The van der Waals surface area contributed by atoms with Crippen LogP contribution in [-0.2, 0) is 6.54 Å². The molecular weight excluding hydrogens is 302 g/mol. The van der Waals surface area contributed by atoms with Crippen LogP contribution in [0.25, 0.3) is 0 Å². The summed E-state index contributed by atoms with van der Waals surface area (Å²) in [6.07, 6.45) is 0. The van der Waals surface area contributed by atoms with E-state index in [1.54, 1.807) is 19.1 Å². The number of hydrogen-bond acceptors (Lipinski definition) is 3. The highest BCUT2D eigenvalue weighted by Gasteiger charge is 2.16. The molecule has 128 valence electrons. The normalized spacial score (nSPS) is 10.4. The lowest BCUT2D eigenvalue weighted by molar-refractivity contribution is 0.0784. The molecule has 0 heterocycles. The van der Waals surface area contributed by atoms with Crippen LogP contribution < -0.4 is 9.47 Å². The van der Waals surface area contributed by atoms with Crippen molar-refractivity contribution in [2.75, 3.05) is 21.3 Å². The lowest BCUT2D eigenvalue weighted by Crippen LogP contribution is -2.27. The largest absolute Gasteiger partial charge is 0.493 e. The molecule has 0 unspecified atom stereocenters. The fourth-order valence-corrected chi connectivity index (χ4v) is 2.72. The van der Waals surface area contributed by atoms with Gasteiger partial charge in [-0.1, -0.05) is 12.1 Å². The first-order valence-corrected chi connectivity index (χ1v) is 7.91. The van der Waals surface area contributed by atoms with Crippen molar-refractivity contribution < 1.29 is 14.3 Å². The first-order chi connectivity index (χ1) is 11.4. The van der Waals surface area contributed by atoms with Gasteiger partial charge in [-0.05, 0) is 61.2 Å². The van der Waals surface area contributed by atoms with E-state index in [0.717, 1.165) is 22.3 Å². The van der Waals surface area contributed by atoms with E-state index in [1.807, 2.05) is 45.2 Å². The highest BCUT2D eigenvalue weighted by Crippen LogP contribution is 2.28. The molecule has 0 fully saturated rings. The summed E-state index contributed by atoms with van der Waals surface area (Å²) in [5.74, 6) is 1.36. The van der Waals surface area contributed by atoms with Crippen molar-refractivity contribution in [3.63, 3.8) is 0 Å². The number of ether oxygens (including phenoxy) is 2. The van der Waals surface area contributed by atoms with Crippen molar-refractivity contribution in [2.24, 2.45) is 0 Å². The zero-order chi connectivity index (χ0) is 17.9. The summed E-state index contributed by atoms with van der Waals surface area (Å²) in [5, 5.41) is 0. The molecule has 2 aromatic rings. The van der Waals surface area contributed by atoms with E-state index in [0.29, 0.717) is 18.0 Å². The number of aryl methyl sites for hydroxylation is 3. The van der Waals surface area contributed by atoms with Gasteiger partial charge in [-0.3, -0.25) is 4.79 Å². The first kappa shape index (κ1) is 17.9. The Balaban J connectivity index is 2.22. The Hall–Kier alpha value is -2.49. The third-order valence-corrected chi connectivity index (χ3v) is 4.29. The summed E-state index contributed by atoms with van der Waals surface area (Å²) >= 11 is 0. The van der Waals surface area contributed by atoms with Gasteiger partial charge in [0, 0.05) is 19.2 Å². The van der Waals surface area contributed by atoms with Crippen LogP contribution in [0, 0.1) is 20.8 Å². The summed E-state index contributed by atoms with van der Waals surface area (Å²) < 4.78 is 10.6. The minimum absolute atomic E-state index is 0.0189. The van der Waals surface area contributed by atoms with Crippen LogP contribution in [0.1, 0.15) is 32.6 Å². The van der Waals surface area contributed by atoms with Crippen molar-refractivity contribution in [2.45, 2.75) is 27.3 Å². The fraction of sp³-hybridized carbons (Fsp3) is 0.350. The van der Waals surface area contributed by atoms with E-state index in [-0.39, 0.29) is 5.91 Å². The van der Waals surface area contributed by atoms with Crippen molar-refractivity contribution in [1.82, 2.24) is 4.90 Å². The highest BCUT2D eigenvalue weighted by molar-refractivity contribution is 5.95. The Labute approximate surface area is 144 Å². The van der Waals surface area contributed by atoms with Crippen LogP contribution in [-0.4, -0.2) is 32.1 Å². The van der Waals surface area contributed by atoms with E-state index in [1.165, 1.54) is 5.56 Å². The molecule has 0 aliphatic carbocycles. The van der Waals surface area contributed by atoms with Crippen LogP contribution >= 0.6 is 0 Å². The predicted octanol–water partition coefficient (Wildman–Crippen LogP) is 3.90. The molecule has 0 saturated carbocycles. The SMILES string of the molecule is COc1ccc(CN(C)C(=O)c2cc(C)c(C)cc2C)cc1OC. The maximum Gasteiger partial charge on any atom is 0.254 e. The molecule has 0 aliphatic rings. The molecule has 0 aliphatic heterocycles. The topological polar surface area (TPSA) is 38.8 Å². The molecule has 4 nitrogen and oxygen atoms in total. The van der Waals surface area contributed by atoms with Gasteiger partial charge in [0.2, 0.25) is 0 Å². The number of rotatable bonds is 5. The van der Waals surface area contributed by atoms with E-state index >= 15 is 0 Å². The fourth-order valence-electron chi connectivity index (χ4n) is 2.72. The van der Waals surface area contributed by atoms with Gasteiger partial charge in [-0.25, -0.2) is 0 Å². The number of benzene rings is 2. The van der Waals surface area contributed by atoms with E-state index in [4.69, 9.17) is 9.47 Å². The van der Waals surface area contributed by atoms with Crippen LogP contribution in [0.15, 0.2) is 30.3 Å². The zero-order valence-corrected chi connectivity index (χ0v) is 15.3. The molecule has 0 atom stereocenters. The molecule has 0 radical (unpaired) electrons. The Morgan fingerprint density at radius 2 is 1.54 bits per heavy atom. The lowest BCUT2D eigenvalue weighted by atomic mass is 10.00. The number of carbonyl (C=O) groups excluding carboxylic acids is 1. The van der Waals surface area contributed by atoms with Crippen molar-refractivity contribution in [3.8, 4) is 11.5 Å². The molecule has 1 amide bonds. The van der Waals surface area contributed by atoms with Gasteiger partial charge in [-0.2, -0.15) is 0 Å². The van der Waals surface area contributed by atoms with Crippen LogP contribution in [0.2, 0.25) is 0 Å². The number of amides is 1. The Morgan fingerprint density at radius 3 is 2.17 bits per heavy atom. The van der Waals surface area contributed by atoms with Crippen molar-refractivity contribution in [3.05, 3.63) is 58.1 Å². The third-order valence-electron chi connectivity index (χ3n) is 4.29. The van der Waals surface area contributed by atoms with E-state index in [2.05, 4.69) is 13.0 Å². The molecule has 24 heavy (non-hydrogen) atoms. The van der Waals surface area contributed by atoms with Gasteiger partial charge in [0.25, 0.3) is 5.91 Å². The zero-order valence-electron chi connectivity index (χ0n) is 15.3. The third kappa shape index (κ3) is 3.70. The maximum absolute atomic E-state index is 12.8. The molecule has 2 rings (SSSR count). The molecule has 0 bridgehead atoms. The number of methoxy groups -OCH3 is 2. The average Bonchev–Trinajstić information content (AvgIpc) is 2.57. The van der Waals surface area contributed by atoms with Gasteiger partial charge < -0.3 is 14.4 Å². The Kier molecular flexibility index (Phi) is 5.50. The molecule has 0 aromatic heterocycles. The summed E-state index contributed by atoms with van der Waals surface area (Å²) in [4.78, 5) is 14.5. The first-order valence-electron chi connectivity index (χ1n) is 7.91. The smallest absolute Gasteiger partial charge is 0.254 e. The molecule has 0 N–H and O–H groups in total. The predicted molar refractivity (Wildman–Crippen MR) is 96.0 cm³/mol. The van der Waals surface area contributed by atoms with Crippen LogP contribution in [0.4, 0.5) is 0 Å². The Morgan fingerprint density at radius 1 is 0.917 bits per heavy atom. The van der Waals surface area contributed by atoms with Crippen LogP contribution in [0.5, 0.6) is 11.5 Å². The van der Waals surface area contributed by atoms with Crippen molar-refractivity contribution in [1.29, 1.82) is 0 Å². The highest BCUT2D eigenvalue weighted by atomic mass is 16.5. The Bertz CT molecular complexity index is 753. The maximum atomic E-state index is 12.8. The van der Waals surface area contributed by atoms with Gasteiger partial charge in [0.05, 0.1) is 14.2 Å². The molecule has 4 heteroatoms. The standard InChI is InChI=1S/C20H25NO3/c1-13-9-15(3)17(10-14(13)2)20(22)21(4)12-16-7-8-18(23-5)19(11-16)24-6/h7-11H,12H2,1-6H3. The minimum Gasteiger partial charge on any atom is -0.493 e. The van der Waals surface area contributed by atoms with E-state index in [9.17, 15) is 4.79 Å². The van der Waals surface area contributed by atoms with Gasteiger partial charge in [0.1, 0.15) is 0 Å². The summed E-state index contributed by atoms with van der Waals surface area (Å²) in [6.45, 7) is 6.57. The molecule has 2 aromatic carbocycles. The van der Waals surface area contributed by atoms with Gasteiger partial charge in [0.15, 0.2) is 11.5 Å².